The van der Waals surface area contributed by atoms with Crippen LogP contribution in [-0.4, -0.2) is 48.3 Å². The standard InChI is InChI=1S/C15H19FN4/c16-13-4-1-5-14(13)19-7-9-20(10-8-19)15-12(11-17)3-2-6-18-15/h2-3,6,13-14H,1,4-5,7-10H2. The molecule has 106 valence electrons. The molecule has 0 aromatic carbocycles. The maximum atomic E-state index is 13.8. The fourth-order valence-electron chi connectivity index (χ4n) is 3.31. The normalized spacial score (nSPS) is 27.5. The van der Waals surface area contributed by atoms with E-state index in [0.29, 0.717) is 12.0 Å². The van der Waals surface area contributed by atoms with Gasteiger partial charge in [0, 0.05) is 38.4 Å². The predicted octanol–water partition coefficient (Wildman–Crippen LogP) is 1.97. The summed E-state index contributed by atoms with van der Waals surface area (Å²) in [5.41, 5.74) is 0.616. The summed E-state index contributed by atoms with van der Waals surface area (Å²) < 4.78 is 13.8. The molecule has 1 aromatic rings. The van der Waals surface area contributed by atoms with Gasteiger partial charge in [-0.15, -0.1) is 0 Å². The van der Waals surface area contributed by atoms with Gasteiger partial charge in [-0.2, -0.15) is 5.26 Å². The van der Waals surface area contributed by atoms with Crippen molar-refractivity contribution in [1.82, 2.24) is 9.88 Å². The molecule has 2 heterocycles. The van der Waals surface area contributed by atoms with Crippen LogP contribution in [0.5, 0.6) is 0 Å². The largest absolute Gasteiger partial charge is 0.353 e. The van der Waals surface area contributed by atoms with Crippen molar-refractivity contribution in [1.29, 1.82) is 5.26 Å². The number of halogens is 1. The Hall–Kier alpha value is -1.67. The van der Waals surface area contributed by atoms with Crippen LogP contribution >= 0.6 is 0 Å². The lowest BCUT2D eigenvalue weighted by molar-refractivity contribution is 0.124. The lowest BCUT2D eigenvalue weighted by Crippen LogP contribution is -2.52. The Morgan fingerprint density at radius 3 is 2.70 bits per heavy atom. The van der Waals surface area contributed by atoms with Crippen LogP contribution in [-0.2, 0) is 0 Å². The van der Waals surface area contributed by atoms with Crippen LogP contribution < -0.4 is 4.90 Å². The zero-order valence-electron chi connectivity index (χ0n) is 11.5. The summed E-state index contributed by atoms with van der Waals surface area (Å²) in [6.07, 6.45) is 3.76. The van der Waals surface area contributed by atoms with Crippen LogP contribution in [0, 0.1) is 11.3 Å². The number of hydrogen-bond acceptors (Lipinski definition) is 4. The number of hydrogen-bond donors (Lipinski definition) is 0. The first-order valence-electron chi connectivity index (χ1n) is 7.28. The Balaban J connectivity index is 1.65. The molecule has 1 aliphatic heterocycles. The van der Waals surface area contributed by atoms with Crippen molar-refractivity contribution in [2.45, 2.75) is 31.5 Å². The maximum Gasteiger partial charge on any atom is 0.146 e. The molecule has 1 aliphatic carbocycles. The minimum Gasteiger partial charge on any atom is -0.353 e. The van der Waals surface area contributed by atoms with E-state index in [1.54, 1.807) is 18.3 Å². The molecule has 2 atom stereocenters. The Bertz CT molecular complexity index is 505. The number of anilines is 1. The molecule has 0 amide bonds. The average molecular weight is 274 g/mol. The van der Waals surface area contributed by atoms with Crippen molar-refractivity contribution >= 4 is 5.82 Å². The molecule has 1 aromatic heterocycles. The number of piperazine rings is 1. The van der Waals surface area contributed by atoms with Crippen LogP contribution in [0.15, 0.2) is 18.3 Å². The summed E-state index contributed by atoms with van der Waals surface area (Å²) >= 11 is 0. The zero-order valence-corrected chi connectivity index (χ0v) is 11.5. The highest BCUT2D eigenvalue weighted by Gasteiger charge is 2.34. The van der Waals surface area contributed by atoms with Crippen molar-refractivity contribution in [2.75, 3.05) is 31.1 Å². The SMILES string of the molecule is N#Cc1cccnc1N1CCN(C2CCCC2F)CC1. The van der Waals surface area contributed by atoms with E-state index >= 15 is 0 Å². The highest BCUT2D eigenvalue weighted by molar-refractivity contribution is 5.53. The van der Waals surface area contributed by atoms with E-state index in [0.717, 1.165) is 44.8 Å². The first-order valence-corrected chi connectivity index (χ1v) is 7.28. The van der Waals surface area contributed by atoms with Gasteiger partial charge in [-0.1, -0.05) is 0 Å². The molecule has 4 nitrogen and oxygen atoms in total. The van der Waals surface area contributed by atoms with Crippen LogP contribution in [0.2, 0.25) is 0 Å². The fourth-order valence-corrected chi connectivity index (χ4v) is 3.31. The predicted molar refractivity (Wildman–Crippen MR) is 75.3 cm³/mol. The third-order valence-corrected chi connectivity index (χ3v) is 4.39. The molecule has 0 N–H and O–H groups in total. The van der Waals surface area contributed by atoms with Gasteiger partial charge in [0.05, 0.1) is 5.56 Å². The van der Waals surface area contributed by atoms with E-state index in [4.69, 9.17) is 5.26 Å². The first-order chi connectivity index (χ1) is 9.79. The van der Waals surface area contributed by atoms with Gasteiger partial charge in [-0.05, 0) is 31.4 Å². The summed E-state index contributed by atoms with van der Waals surface area (Å²) in [7, 11) is 0. The molecule has 0 bridgehead atoms. The number of pyridine rings is 1. The van der Waals surface area contributed by atoms with E-state index in [2.05, 4.69) is 20.9 Å². The van der Waals surface area contributed by atoms with Crippen molar-refractivity contribution in [3.63, 3.8) is 0 Å². The van der Waals surface area contributed by atoms with Gasteiger partial charge in [-0.3, -0.25) is 4.90 Å². The van der Waals surface area contributed by atoms with Crippen molar-refractivity contribution in [3.8, 4) is 6.07 Å². The molecular formula is C15H19FN4. The third-order valence-electron chi connectivity index (χ3n) is 4.39. The lowest BCUT2D eigenvalue weighted by Gasteiger charge is -2.39. The van der Waals surface area contributed by atoms with E-state index in [9.17, 15) is 4.39 Å². The monoisotopic (exact) mass is 274 g/mol. The van der Waals surface area contributed by atoms with Gasteiger partial charge in [0.2, 0.25) is 0 Å². The lowest BCUT2D eigenvalue weighted by atomic mass is 10.1. The van der Waals surface area contributed by atoms with Gasteiger partial charge in [0.1, 0.15) is 18.1 Å². The highest BCUT2D eigenvalue weighted by Crippen LogP contribution is 2.28. The van der Waals surface area contributed by atoms with Gasteiger partial charge in [-0.25, -0.2) is 9.37 Å². The topological polar surface area (TPSA) is 43.2 Å². The maximum absolute atomic E-state index is 13.8. The number of alkyl halides is 1. The molecule has 20 heavy (non-hydrogen) atoms. The zero-order chi connectivity index (χ0) is 13.9. The Kier molecular flexibility index (Phi) is 3.83. The van der Waals surface area contributed by atoms with E-state index in [1.165, 1.54) is 0 Å². The number of nitrogens with zero attached hydrogens (tertiary/aromatic N) is 4. The van der Waals surface area contributed by atoms with Crippen LogP contribution in [0.1, 0.15) is 24.8 Å². The summed E-state index contributed by atoms with van der Waals surface area (Å²) in [5.74, 6) is 0.762. The minimum absolute atomic E-state index is 0.108. The summed E-state index contributed by atoms with van der Waals surface area (Å²) in [6, 6.07) is 5.87. The third kappa shape index (κ3) is 2.48. The van der Waals surface area contributed by atoms with Crippen molar-refractivity contribution < 1.29 is 4.39 Å². The highest BCUT2D eigenvalue weighted by atomic mass is 19.1. The first kappa shape index (κ1) is 13.3. The van der Waals surface area contributed by atoms with Gasteiger partial charge < -0.3 is 4.90 Å². The molecule has 0 spiro atoms. The molecule has 2 fully saturated rings. The second-order valence-corrected chi connectivity index (χ2v) is 5.52. The average Bonchev–Trinajstić information content (AvgIpc) is 2.93. The molecule has 0 radical (unpaired) electrons. The quantitative estimate of drug-likeness (QED) is 0.827. The molecule has 1 saturated carbocycles. The molecule has 2 aliphatic rings. The van der Waals surface area contributed by atoms with Crippen LogP contribution in [0.25, 0.3) is 0 Å². The summed E-state index contributed by atoms with van der Waals surface area (Å²) in [6.45, 7) is 3.34. The van der Waals surface area contributed by atoms with Crippen molar-refractivity contribution in [3.05, 3.63) is 23.9 Å². The summed E-state index contributed by atoms with van der Waals surface area (Å²) in [5, 5.41) is 9.13. The molecule has 3 rings (SSSR count). The molecular weight excluding hydrogens is 255 g/mol. The molecule has 2 unspecified atom stereocenters. The Morgan fingerprint density at radius 1 is 1.25 bits per heavy atom. The number of aromatic nitrogens is 1. The molecule has 5 heteroatoms. The van der Waals surface area contributed by atoms with E-state index < -0.39 is 6.17 Å². The second kappa shape index (κ2) is 5.76. The Labute approximate surface area is 118 Å². The second-order valence-electron chi connectivity index (χ2n) is 5.52. The van der Waals surface area contributed by atoms with Gasteiger partial charge in [0.25, 0.3) is 0 Å². The van der Waals surface area contributed by atoms with E-state index in [1.807, 2.05) is 0 Å². The Morgan fingerprint density at radius 2 is 2.05 bits per heavy atom. The number of rotatable bonds is 2. The number of nitriles is 1. The molecule has 1 saturated heterocycles. The van der Waals surface area contributed by atoms with E-state index in [-0.39, 0.29) is 6.04 Å². The van der Waals surface area contributed by atoms with Crippen molar-refractivity contribution in [2.24, 2.45) is 0 Å². The minimum atomic E-state index is -0.661. The summed E-state index contributed by atoms with van der Waals surface area (Å²) in [4.78, 5) is 8.72. The fraction of sp³-hybridized carbons (Fsp3) is 0.600. The smallest absolute Gasteiger partial charge is 0.146 e. The van der Waals surface area contributed by atoms with Gasteiger partial charge in [0.15, 0.2) is 0 Å². The van der Waals surface area contributed by atoms with Crippen LogP contribution in [0.3, 0.4) is 0 Å². The van der Waals surface area contributed by atoms with Crippen LogP contribution in [0.4, 0.5) is 10.2 Å². The van der Waals surface area contributed by atoms with Gasteiger partial charge >= 0.3 is 0 Å².